The third-order valence-corrected chi connectivity index (χ3v) is 5.51. The van der Waals surface area contributed by atoms with Gasteiger partial charge in [0.1, 0.15) is 28.3 Å². The van der Waals surface area contributed by atoms with E-state index in [4.69, 9.17) is 24.6 Å². The van der Waals surface area contributed by atoms with Crippen molar-refractivity contribution in [1.82, 2.24) is 0 Å². The van der Waals surface area contributed by atoms with Crippen LogP contribution in [-0.2, 0) is 20.6 Å². The maximum atomic E-state index is 11.7. The Balaban J connectivity index is 0.000000205. The lowest BCUT2D eigenvalue weighted by Crippen LogP contribution is -2.11. The van der Waals surface area contributed by atoms with E-state index in [-0.39, 0.29) is 29.1 Å². The Morgan fingerprint density at radius 2 is 1.67 bits per heavy atom. The molecule has 2 heterocycles. The first-order valence-corrected chi connectivity index (χ1v) is 11.0. The molecule has 188 valence electrons. The summed E-state index contributed by atoms with van der Waals surface area (Å²) in [7, 11) is 1.53. The second kappa shape index (κ2) is 11.6. The van der Waals surface area contributed by atoms with Crippen LogP contribution >= 0.6 is 12.0 Å². The molecule has 0 fully saturated rings. The highest BCUT2D eigenvalue weighted by atomic mass is 32.2. The Kier molecular flexibility index (Phi) is 8.61. The number of carbonyl (C=O) groups excluding carboxylic acids is 2. The molecular formula is C24H21NO10S. The average Bonchev–Trinajstić information content (AvgIpc) is 2.82. The molecule has 0 saturated carbocycles. The zero-order valence-corrected chi connectivity index (χ0v) is 20.2. The molecule has 0 atom stereocenters. The van der Waals surface area contributed by atoms with Crippen molar-refractivity contribution >= 4 is 51.2 Å². The summed E-state index contributed by atoms with van der Waals surface area (Å²) in [6.45, 7) is 2.72. The number of benzene rings is 2. The van der Waals surface area contributed by atoms with E-state index < -0.39 is 11.3 Å². The largest absolute Gasteiger partial charge is 0.497 e. The van der Waals surface area contributed by atoms with Gasteiger partial charge in [-0.25, -0.2) is 14.8 Å². The molecule has 0 spiro atoms. The third kappa shape index (κ3) is 6.37. The summed E-state index contributed by atoms with van der Waals surface area (Å²) in [6, 6.07) is 11.2. The highest BCUT2D eigenvalue weighted by Gasteiger charge is 2.12. The standard InChI is InChI=1S/C12H11NO6S.C12H10O4/c1-6(14)2-8-3-7-4-11(20-19-18-16)9(13)5-10(7)17-12(8)15;1-7(13)10-5-8-3-4-9(15-2)6-11(8)16-12(10)14/h3-5,16H,2,13H2,1H3;3-6H,1-2H3. The van der Waals surface area contributed by atoms with Gasteiger partial charge in [-0.1, -0.05) is 5.04 Å². The quantitative estimate of drug-likeness (QED) is 0.0909. The number of nitrogens with two attached hydrogens (primary N) is 1. The minimum absolute atomic E-state index is 0.00137. The molecule has 4 rings (SSSR count). The van der Waals surface area contributed by atoms with Gasteiger partial charge in [0.15, 0.2) is 5.78 Å². The zero-order valence-electron chi connectivity index (χ0n) is 19.4. The molecule has 2 aromatic carbocycles. The van der Waals surface area contributed by atoms with Crippen molar-refractivity contribution in [3.8, 4) is 5.75 Å². The van der Waals surface area contributed by atoms with Gasteiger partial charge in [-0.15, -0.1) is 4.33 Å². The maximum Gasteiger partial charge on any atom is 0.347 e. The molecule has 11 nitrogen and oxygen atoms in total. The van der Waals surface area contributed by atoms with Gasteiger partial charge < -0.3 is 19.3 Å². The predicted molar refractivity (Wildman–Crippen MR) is 131 cm³/mol. The number of fused-ring (bicyclic) bond motifs is 2. The Morgan fingerprint density at radius 3 is 2.31 bits per heavy atom. The number of Topliss-reactive ketones (excluding diaryl/α,β-unsaturated/α-hetero) is 2. The molecular weight excluding hydrogens is 494 g/mol. The van der Waals surface area contributed by atoms with Gasteiger partial charge in [0.25, 0.3) is 0 Å². The number of nitrogen functional groups attached to an aromatic ring is 1. The maximum absolute atomic E-state index is 11.7. The van der Waals surface area contributed by atoms with Crippen molar-refractivity contribution in [2.24, 2.45) is 0 Å². The van der Waals surface area contributed by atoms with Crippen LogP contribution in [0.5, 0.6) is 5.75 Å². The van der Waals surface area contributed by atoms with Crippen LogP contribution in [0.25, 0.3) is 21.9 Å². The minimum Gasteiger partial charge on any atom is -0.497 e. The van der Waals surface area contributed by atoms with Gasteiger partial charge in [-0.3, -0.25) is 9.59 Å². The summed E-state index contributed by atoms with van der Waals surface area (Å²) >= 11 is 0.702. The van der Waals surface area contributed by atoms with Gasteiger partial charge in [0.2, 0.25) is 0 Å². The first kappa shape index (κ1) is 26.6. The first-order valence-electron chi connectivity index (χ1n) is 10.3. The third-order valence-electron chi connectivity index (χ3n) is 4.85. The molecule has 0 unspecified atom stereocenters. The molecule has 3 N–H and O–H groups in total. The highest BCUT2D eigenvalue weighted by Crippen LogP contribution is 2.30. The van der Waals surface area contributed by atoms with Gasteiger partial charge in [0, 0.05) is 34.9 Å². The van der Waals surface area contributed by atoms with Crippen molar-refractivity contribution in [2.75, 3.05) is 12.8 Å². The number of hydrogen-bond donors (Lipinski definition) is 2. The van der Waals surface area contributed by atoms with Crippen molar-refractivity contribution in [2.45, 2.75) is 25.2 Å². The summed E-state index contributed by atoms with van der Waals surface area (Å²) in [5, 5.41) is 12.9. The van der Waals surface area contributed by atoms with E-state index in [0.717, 1.165) is 0 Å². The monoisotopic (exact) mass is 515 g/mol. The molecule has 0 amide bonds. The Hall–Kier alpha value is -3.97. The second-order valence-corrected chi connectivity index (χ2v) is 8.24. The van der Waals surface area contributed by atoms with Crippen LogP contribution in [-0.4, -0.2) is 23.9 Å². The lowest BCUT2D eigenvalue weighted by atomic mass is 10.1. The molecule has 0 bridgehead atoms. The molecule has 0 aliphatic heterocycles. The highest BCUT2D eigenvalue weighted by molar-refractivity contribution is 7.94. The fourth-order valence-corrected chi connectivity index (χ4v) is 3.62. The first-order chi connectivity index (χ1) is 17.1. The van der Waals surface area contributed by atoms with Crippen molar-refractivity contribution < 1.29 is 37.8 Å². The van der Waals surface area contributed by atoms with Crippen LogP contribution in [0.3, 0.4) is 0 Å². The van der Waals surface area contributed by atoms with E-state index in [1.54, 1.807) is 30.3 Å². The fourth-order valence-electron chi connectivity index (χ4n) is 3.18. The number of carbonyl (C=O) groups is 2. The summed E-state index contributed by atoms with van der Waals surface area (Å²) in [4.78, 5) is 45.9. The SMILES string of the molecule is CC(=O)Cc1cc2cc(SOOO)c(N)cc2oc1=O.COc1ccc2cc(C(C)=O)c(=O)oc2c1. The average molecular weight is 515 g/mol. The van der Waals surface area contributed by atoms with Gasteiger partial charge in [0.05, 0.1) is 29.7 Å². The molecule has 0 aliphatic carbocycles. The van der Waals surface area contributed by atoms with Crippen LogP contribution in [0, 0.1) is 0 Å². The van der Waals surface area contributed by atoms with Crippen molar-refractivity contribution in [3.63, 3.8) is 0 Å². The molecule has 36 heavy (non-hydrogen) atoms. The normalized spacial score (nSPS) is 10.7. The Morgan fingerprint density at radius 1 is 0.972 bits per heavy atom. The van der Waals surface area contributed by atoms with E-state index in [0.29, 0.717) is 50.3 Å². The number of methoxy groups -OCH3 is 1. The molecule has 0 aliphatic rings. The van der Waals surface area contributed by atoms with Gasteiger partial charge in [-0.05, 0) is 44.2 Å². The summed E-state index contributed by atoms with van der Waals surface area (Å²) in [5.74, 6) is 0.163. The number of rotatable bonds is 7. The van der Waals surface area contributed by atoms with Crippen LogP contribution in [0.4, 0.5) is 5.69 Å². The van der Waals surface area contributed by atoms with Crippen LogP contribution in [0.2, 0.25) is 0 Å². The summed E-state index contributed by atoms with van der Waals surface area (Å²) in [5.41, 5.74) is 5.90. The summed E-state index contributed by atoms with van der Waals surface area (Å²) < 4.78 is 19.5. The lowest BCUT2D eigenvalue weighted by molar-refractivity contribution is -0.432. The smallest absolute Gasteiger partial charge is 0.347 e. The Bertz CT molecular complexity index is 1560. The molecule has 0 radical (unpaired) electrons. The van der Waals surface area contributed by atoms with Crippen LogP contribution < -0.4 is 21.7 Å². The van der Waals surface area contributed by atoms with E-state index in [9.17, 15) is 19.2 Å². The lowest BCUT2D eigenvalue weighted by Gasteiger charge is -2.06. The summed E-state index contributed by atoms with van der Waals surface area (Å²) in [6.07, 6.45) is 0.00137. The molecule has 2 aromatic heterocycles. The van der Waals surface area contributed by atoms with Gasteiger partial charge in [-0.2, -0.15) is 0 Å². The van der Waals surface area contributed by atoms with Crippen LogP contribution in [0.1, 0.15) is 29.8 Å². The van der Waals surface area contributed by atoms with Crippen LogP contribution in [0.15, 0.2) is 65.8 Å². The number of anilines is 1. The van der Waals surface area contributed by atoms with Crippen molar-refractivity contribution in [1.29, 1.82) is 0 Å². The molecule has 4 aromatic rings. The molecule has 12 heteroatoms. The Labute approximate surface area is 207 Å². The van der Waals surface area contributed by atoms with Crippen molar-refractivity contribution in [3.05, 3.63) is 74.4 Å². The fraction of sp³-hybridized carbons (Fsp3) is 0.167. The predicted octanol–water partition coefficient (Wildman–Crippen LogP) is 3.94. The number of ether oxygens (including phenoxy) is 1. The number of ketones is 2. The zero-order chi connectivity index (χ0) is 26.4. The molecule has 0 saturated heterocycles. The van der Waals surface area contributed by atoms with E-state index in [1.807, 2.05) is 0 Å². The van der Waals surface area contributed by atoms with E-state index in [1.165, 1.54) is 33.1 Å². The number of hydrogen-bond acceptors (Lipinski definition) is 12. The second-order valence-electron chi connectivity index (χ2n) is 7.50. The minimum atomic E-state index is -0.617. The topological polar surface area (TPSA) is 168 Å². The van der Waals surface area contributed by atoms with Gasteiger partial charge >= 0.3 is 11.3 Å². The van der Waals surface area contributed by atoms with E-state index in [2.05, 4.69) is 9.37 Å². The van der Waals surface area contributed by atoms with E-state index >= 15 is 0 Å².